The zero-order valence-corrected chi connectivity index (χ0v) is 18.6. The highest BCUT2D eigenvalue weighted by Crippen LogP contribution is 2.17. The maximum atomic E-state index is 13.2. The molecule has 132 valence electrons. The lowest BCUT2D eigenvalue weighted by Crippen LogP contribution is -2.37. The van der Waals surface area contributed by atoms with Gasteiger partial charge in [0.05, 0.1) is 21.7 Å². The fourth-order valence-corrected chi connectivity index (χ4v) is 3.45. The number of thiazole rings is 1. The van der Waals surface area contributed by atoms with Gasteiger partial charge in [0.25, 0.3) is 0 Å². The van der Waals surface area contributed by atoms with Gasteiger partial charge in [-0.05, 0) is 53.9 Å². The second kappa shape index (κ2) is 10.3. The van der Waals surface area contributed by atoms with Crippen molar-refractivity contribution in [3.63, 3.8) is 0 Å². The molecule has 0 fully saturated rings. The average molecular weight is 527 g/mol. The number of hydrogen-bond acceptors (Lipinski definition) is 3. The summed E-state index contributed by atoms with van der Waals surface area (Å²) in [6, 6.07) is 5.07. The molecule has 1 heterocycles. The highest BCUT2D eigenvalue weighted by molar-refractivity contribution is 14.0. The molecule has 4 nitrogen and oxygen atoms in total. The van der Waals surface area contributed by atoms with Crippen molar-refractivity contribution in [3.8, 4) is 0 Å². The Balaban J connectivity index is 0.00000288. The molecule has 0 bridgehead atoms. The highest BCUT2D eigenvalue weighted by atomic mass is 127. The largest absolute Gasteiger partial charge is 0.356 e. The van der Waals surface area contributed by atoms with Crippen LogP contribution in [0.1, 0.15) is 21.1 Å². The van der Waals surface area contributed by atoms with E-state index in [4.69, 9.17) is 0 Å². The van der Waals surface area contributed by atoms with Crippen LogP contribution in [0.3, 0.4) is 0 Å². The van der Waals surface area contributed by atoms with Gasteiger partial charge >= 0.3 is 0 Å². The van der Waals surface area contributed by atoms with Crippen LogP contribution in [0.4, 0.5) is 4.39 Å². The molecule has 0 atom stereocenters. The molecular formula is C16H21BrFIN4S. The molecule has 0 radical (unpaired) electrons. The van der Waals surface area contributed by atoms with Crippen molar-refractivity contribution >= 4 is 57.2 Å². The van der Waals surface area contributed by atoms with Gasteiger partial charge in [-0.2, -0.15) is 0 Å². The van der Waals surface area contributed by atoms with E-state index in [-0.39, 0.29) is 29.8 Å². The molecule has 0 aliphatic rings. The molecule has 0 unspecified atom stereocenters. The first-order valence-corrected chi connectivity index (χ1v) is 8.92. The van der Waals surface area contributed by atoms with E-state index in [0.29, 0.717) is 11.0 Å². The molecule has 2 aromatic rings. The summed E-state index contributed by atoms with van der Waals surface area (Å²) in [6.45, 7) is 5.45. The van der Waals surface area contributed by atoms with Crippen LogP contribution in [0, 0.1) is 19.7 Å². The Morgan fingerprint density at radius 1 is 1.33 bits per heavy atom. The molecule has 2 rings (SSSR count). The monoisotopic (exact) mass is 526 g/mol. The summed E-state index contributed by atoms with van der Waals surface area (Å²) in [7, 11) is 1.74. The van der Waals surface area contributed by atoms with Crippen LogP contribution >= 0.6 is 51.2 Å². The van der Waals surface area contributed by atoms with E-state index in [1.165, 1.54) is 10.9 Å². The minimum atomic E-state index is -0.241. The molecule has 0 amide bonds. The predicted molar refractivity (Wildman–Crippen MR) is 113 cm³/mol. The molecule has 0 saturated heterocycles. The lowest BCUT2D eigenvalue weighted by atomic mass is 10.1. The number of guanidine groups is 1. The number of halogens is 3. The number of rotatable bonds is 5. The van der Waals surface area contributed by atoms with Crippen molar-refractivity contribution in [2.24, 2.45) is 4.99 Å². The number of benzene rings is 1. The minimum Gasteiger partial charge on any atom is -0.356 e. The van der Waals surface area contributed by atoms with Crippen LogP contribution in [0.2, 0.25) is 0 Å². The first-order chi connectivity index (χ1) is 11.0. The SMILES string of the molecule is CN=C(NCCc1ccc(F)c(Br)c1)NCc1sc(C)nc1C.I. The van der Waals surface area contributed by atoms with Crippen molar-refractivity contribution in [1.29, 1.82) is 0 Å². The number of hydrogen-bond donors (Lipinski definition) is 2. The average Bonchev–Trinajstić information content (AvgIpc) is 2.84. The van der Waals surface area contributed by atoms with Crippen LogP contribution < -0.4 is 10.6 Å². The van der Waals surface area contributed by atoms with Crippen molar-refractivity contribution in [1.82, 2.24) is 15.6 Å². The first-order valence-electron chi connectivity index (χ1n) is 7.31. The van der Waals surface area contributed by atoms with Gasteiger partial charge in [-0.3, -0.25) is 4.99 Å². The summed E-state index contributed by atoms with van der Waals surface area (Å²) in [5, 5.41) is 7.62. The Morgan fingerprint density at radius 2 is 2.08 bits per heavy atom. The number of aryl methyl sites for hydroxylation is 2. The molecule has 24 heavy (non-hydrogen) atoms. The van der Waals surface area contributed by atoms with E-state index < -0.39 is 0 Å². The summed E-state index contributed by atoms with van der Waals surface area (Å²) in [5.41, 5.74) is 2.13. The quantitative estimate of drug-likeness (QED) is 0.349. The van der Waals surface area contributed by atoms with E-state index in [2.05, 4.69) is 36.5 Å². The van der Waals surface area contributed by atoms with E-state index >= 15 is 0 Å². The Hall–Kier alpha value is -0.740. The van der Waals surface area contributed by atoms with Gasteiger partial charge in [-0.25, -0.2) is 9.37 Å². The van der Waals surface area contributed by atoms with Crippen molar-refractivity contribution in [2.75, 3.05) is 13.6 Å². The number of nitrogens with zero attached hydrogens (tertiary/aromatic N) is 2. The third kappa shape index (κ3) is 6.29. The van der Waals surface area contributed by atoms with Crippen LogP contribution in [0.5, 0.6) is 0 Å². The van der Waals surface area contributed by atoms with E-state index in [1.54, 1.807) is 30.5 Å². The van der Waals surface area contributed by atoms with Gasteiger partial charge < -0.3 is 10.6 Å². The zero-order valence-electron chi connectivity index (χ0n) is 13.8. The van der Waals surface area contributed by atoms with Gasteiger partial charge in [0.1, 0.15) is 5.82 Å². The van der Waals surface area contributed by atoms with Gasteiger partial charge in [-0.15, -0.1) is 35.3 Å². The lowest BCUT2D eigenvalue weighted by Gasteiger charge is -2.11. The van der Waals surface area contributed by atoms with Crippen LogP contribution in [-0.2, 0) is 13.0 Å². The zero-order chi connectivity index (χ0) is 16.8. The molecule has 8 heteroatoms. The number of aromatic nitrogens is 1. The third-order valence-corrected chi connectivity index (χ3v) is 5.01. The Morgan fingerprint density at radius 3 is 2.67 bits per heavy atom. The molecule has 1 aromatic carbocycles. The first kappa shape index (κ1) is 21.3. The predicted octanol–water partition coefficient (Wildman–Crippen LogP) is 4.19. The maximum Gasteiger partial charge on any atom is 0.191 e. The summed E-state index contributed by atoms with van der Waals surface area (Å²) in [6.07, 6.45) is 0.790. The standard InChI is InChI=1S/C16H20BrFN4S.HI/c1-10-15(23-11(2)22-10)9-21-16(19-3)20-7-6-12-4-5-14(18)13(17)8-12;/h4-5,8H,6-7,9H2,1-3H3,(H2,19,20,21);1H. The van der Waals surface area contributed by atoms with Crippen molar-refractivity contribution in [2.45, 2.75) is 26.8 Å². The Kier molecular flexibility index (Phi) is 9.14. The van der Waals surface area contributed by atoms with Crippen molar-refractivity contribution < 1.29 is 4.39 Å². The number of aliphatic imine (C=N–C) groups is 1. The Labute approximate surface area is 171 Å². The minimum absolute atomic E-state index is 0. The van der Waals surface area contributed by atoms with Gasteiger partial charge in [-0.1, -0.05) is 6.07 Å². The smallest absolute Gasteiger partial charge is 0.191 e. The van der Waals surface area contributed by atoms with Crippen LogP contribution in [0.15, 0.2) is 27.7 Å². The van der Waals surface area contributed by atoms with E-state index in [9.17, 15) is 4.39 Å². The fraction of sp³-hybridized carbons (Fsp3) is 0.375. The maximum absolute atomic E-state index is 13.2. The number of nitrogens with one attached hydrogen (secondary N) is 2. The molecule has 1 aromatic heterocycles. The molecule has 0 aliphatic heterocycles. The van der Waals surface area contributed by atoms with E-state index in [1.807, 2.05) is 13.8 Å². The van der Waals surface area contributed by atoms with E-state index in [0.717, 1.165) is 35.2 Å². The van der Waals surface area contributed by atoms with Crippen LogP contribution in [0.25, 0.3) is 0 Å². The van der Waals surface area contributed by atoms with Gasteiger partial charge in [0.2, 0.25) is 0 Å². The molecule has 0 aliphatic carbocycles. The highest BCUT2D eigenvalue weighted by Gasteiger charge is 2.06. The van der Waals surface area contributed by atoms with Gasteiger partial charge in [0.15, 0.2) is 5.96 Å². The summed E-state index contributed by atoms with van der Waals surface area (Å²) < 4.78 is 13.7. The summed E-state index contributed by atoms with van der Waals surface area (Å²) >= 11 is 4.90. The van der Waals surface area contributed by atoms with Crippen molar-refractivity contribution in [3.05, 3.63) is 49.6 Å². The topological polar surface area (TPSA) is 49.3 Å². The van der Waals surface area contributed by atoms with Gasteiger partial charge in [0, 0.05) is 18.5 Å². The second-order valence-corrected chi connectivity index (χ2v) is 7.23. The van der Waals surface area contributed by atoms with Crippen LogP contribution in [-0.4, -0.2) is 24.5 Å². The fourth-order valence-electron chi connectivity index (χ4n) is 2.14. The third-order valence-electron chi connectivity index (χ3n) is 3.33. The molecular weight excluding hydrogens is 506 g/mol. The Bertz CT molecular complexity index is 705. The molecule has 0 spiro atoms. The summed E-state index contributed by atoms with van der Waals surface area (Å²) in [5.74, 6) is 0.506. The summed E-state index contributed by atoms with van der Waals surface area (Å²) in [4.78, 5) is 9.84. The molecule has 2 N–H and O–H groups in total. The molecule has 0 saturated carbocycles. The lowest BCUT2D eigenvalue weighted by molar-refractivity contribution is 0.620. The normalized spacial score (nSPS) is 11.1. The second-order valence-electron chi connectivity index (χ2n) is 5.09.